The fraction of sp³-hybridized carbons (Fsp3) is 0.333. The molecule has 1 aromatic rings. The van der Waals surface area contributed by atoms with Crippen molar-refractivity contribution in [2.24, 2.45) is 0 Å². The molecule has 0 unspecified atom stereocenters. The summed E-state index contributed by atoms with van der Waals surface area (Å²) in [5.41, 5.74) is 0.640. The van der Waals surface area contributed by atoms with Crippen LogP contribution in [0.25, 0.3) is 0 Å². The Balaban J connectivity index is 3.01. The van der Waals surface area contributed by atoms with Gasteiger partial charge in [0, 0.05) is 18.1 Å². The Hall–Kier alpha value is -0.570. The molecule has 0 saturated carbocycles. The van der Waals surface area contributed by atoms with E-state index in [4.69, 9.17) is 0 Å². The molecule has 0 aliphatic carbocycles. The number of anilines is 1. The van der Waals surface area contributed by atoms with Crippen molar-refractivity contribution in [1.29, 1.82) is 0 Å². The van der Waals surface area contributed by atoms with Crippen LogP contribution in [0, 0.1) is 5.82 Å². The summed E-state index contributed by atoms with van der Waals surface area (Å²) in [4.78, 5) is 1.86. The van der Waals surface area contributed by atoms with Crippen LogP contribution in [0.1, 0.15) is 6.92 Å². The van der Waals surface area contributed by atoms with Gasteiger partial charge in [-0.05, 0) is 25.1 Å². The fourth-order valence-electron chi connectivity index (χ4n) is 0.961. The Morgan fingerprint density at radius 2 is 2.17 bits per heavy atom. The third-order valence-electron chi connectivity index (χ3n) is 1.80. The van der Waals surface area contributed by atoms with Crippen molar-refractivity contribution in [3.05, 3.63) is 28.5 Å². The van der Waals surface area contributed by atoms with Gasteiger partial charge in [-0.1, -0.05) is 15.9 Å². The van der Waals surface area contributed by atoms with Crippen LogP contribution >= 0.6 is 15.9 Å². The third kappa shape index (κ3) is 1.97. The summed E-state index contributed by atoms with van der Waals surface area (Å²) in [6, 6.07) is 5.08. The maximum Gasteiger partial charge on any atom is 0.147 e. The normalized spacial score (nSPS) is 10.0. The molecule has 0 heterocycles. The SMILES string of the molecule is CCN(C)c1ccc(Br)cc1F. The molecule has 0 bridgehead atoms. The number of hydrogen-bond donors (Lipinski definition) is 0. The highest BCUT2D eigenvalue weighted by Gasteiger charge is 2.04. The molecular formula is C9H11BrFN. The van der Waals surface area contributed by atoms with Crippen LogP contribution in [-0.2, 0) is 0 Å². The van der Waals surface area contributed by atoms with Crippen LogP contribution in [-0.4, -0.2) is 13.6 Å². The molecule has 0 radical (unpaired) electrons. The molecule has 0 N–H and O–H groups in total. The molecule has 1 rings (SSSR count). The van der Waals surface area contributed by atoms with Crippen molar-refractivity contribution < 1.29 is 4.39 Å². The zero-order valence-electron chi connectivity index (χ0n) is 7.14. The average Bonchev–Trinajstić information content (AvgIpc) is 2.03. The van der Waals surface area contributed by atoms with Crippen molar-refractivity contribution in [3.63, 3.8) is 0 Å². The van der Waals surface area contributed by atoms with Crippen molar-refractivity contribution in [2.75, 3.05) is 18.5 Å². The fourth-order valence-corrected chi connectivity index (χ4v) is 1.29. The number of rotatable bonds is 2. The molecular weight excluding hydrogens is 221 g/mol. The first-order chi connectivity index (χ1) is 5.65. The van der Waals surface area contributed by atoms with E-state index in [-0.39, 0.29) is 5.82 Å². The van der Waals surface area contributed by atoms with E-state index < -0.39 is 0 Å². The molecule has 0 aromatic heterocycles. The minimum absolute atomic E-state index is 0.186. The van der Waals surface area contributed by atoms with Crippen LogP contribution in [0.5, 0.6) is 0 Å². The van der Waals surface area contributed by atoms with Gasteiger partial charge in [0.05, 0.1) is 5.69 Å². The van der Waals surface area contributed by atoms with Gasteiger partial charge >= 0.3 is 0 Å². The summed E-state index contributed by atoms with van der Waals surface area (Å²) < 4.78 is 14.0. The van der Waals surface area contributed by atoms with Crippen LogP contribution in [0.4, 0.5) is 10.1 Å². The van der Waals surface area contributed by atoms with E-state index in [9.17, 15) is 4.39 Å². The lowest BCUT2D eigenvalue weighted by Crippen LogP contribution is -2.16. The van der Waals surface area contributed by atoms with Gasteiger partial charge in [-0.3, -0.25) is 0 Å². The predicted octanol–water partition coefficient (Wildman–Crippen LogP) is 3.04. The summed E-state index contributed by atoms with van der Waals surface area (Å²) in [6.07, 6.45) is 0. The van der Waals surface area contributed by atoms with Gasteiger partial charge in [-0.25, -0.2) is 4.39 Å². The Morgan fingerprint density at radius 3 is 2.67 bits per heavy atom. The zero-order valence-corrected chi connectivity index (χ0v) is 8.73. The summed E-state index contributed by atoms with van der Waals surface area (Å²) in [6.45, 7) is 2.79. The van der Waals surface area contributed by atoms with Crippen LogP contribution in [0.15, 0.2) is 22.7 Å². The van der Waals surface area contributed by atoms with Gasteiger partial charge in [0.2, 0.25) is 0 Å². The van der Waals surface area contributed by atoms with Crippen LogP contribution in [0.2, 0.25) is 0 Å². The second kappa shape index (κ2) is 3.90. The molecule has 66 valence electrons. The lowest BCUT2D eigenvalue weighted by Gasteiger charge is -2.17. The highest BCUT2D eigenvalue weighted by molar-refractivity contribution is 9.10. The molecule has 1 aromatic carbocycles. The molecule has 12 heavy (non-hydrogen) atoms. The molecule has 3 heteroatoms. The van der Waals surface area contributed by atoms with Gasteiger partial charge in [-0.15, -0.1) is 0 Å². The topological polar surface area (TPSA) is 3.24 Å². The Morgan fingerprint density at radius 1 is 1.50 bits per heavy atom. The molecule has 0 aliphatic heterocycles. The third-order valence-corrected chi connectivity index (χ3v) is 2.29. The highest BCUT2D eigenvalue weighted by Crippen LogP contribution is 2.21. The van der Waals surface area contributed by atoms with Crippen molar-refractivity contribution in [2.45, 2.75) is 6.92 Å². The van der Waals surface area contributed by atoms with Crippen LogP contribution < -0.4 is 4.90 Å². The minimum Gasteiger partial charge on any atom is -0.373 e. The largest absolute Gasteiger partial charge is 0.373 e. The summed E-state index contributed by atoms with van der Waals surface area (Å²) in [5, 5.41) is 0. The molecule has 0 aliphatic rings. The quantitative estimate of drug-likeness (QED) is 0.757. The average molecular weight is 232 g/mol. The Labute approximate surface area is 80.3 Å². The standard InChI is InChI=1S/C9H11BrFN/c1-3-12(2)9-5-4-7(10)6-8(9)11/h4-6H,3H2,1-2H3. The van der Waals surface area contributed by atoms with E-state index >= 15 is 0 Å². The summed E-state index contributed by atoms with van der Waals surface area (Å²) in [5.74, 6) is -0.186. The van der Waals surface area contributed by atoms with E-state index in [2.05, 4.69) is 15.9 Å². The monoisotopic (exact) mass is 231 g/mol. The lowest BCUT2D eigenvalue weighted by atomic mass is 10.3. The maximum absolute atomic E-state index is 13.2. The van der Waals surface area contributed by atoms with E-state index in [1.807, 2.05) is 24.9 Å². The second-order valence-corrected chi connectivity index (χ2v) is 3.53. The first kappa shape index (κ1) is 9.52. The lowest BCUT2D eigenvalue weighted by molar-refractivity contribution is 0.623. The van der Waals surface area contributed by atoms with Gasteiger partial charge < -0.3 is 4.90 Å². The first-order valence-corrected chi connectivity index (χ1v) is 4.60. The van der Waals surface area contributed by atoms with Gasteiger partial charge in [0.15, 0.2) is 0 Å². The van der Waals surface area contributed by atoms with Crippen LogP contribution in [0.3, 0.4) is 0 Å². The van der Waals surface area contributed by atoms with Crippen molar-refractivity contribution in [3.8, 4) is 0 Å². The molecule has 0 saturated heterocycles. The molecule has 0 atom stereocenters. The second-order valence-electron chi connectivity index (χ2n) is 2.61. The number of nitrogens with zero attached hydrogens (tertiary/aromatic N) is 1. The number of benzene rings is 1. The maximum atomic E-state index is 13.2. The summed E-state index contributed by atoms with van der Waals surface area (Å²) >= 11 is 3.21. The number of hydrogen-bond acceptors (Lipinski definition) is 1. The van der Waals surface area contributed by atoms with Gasteiger partial charge in [0.25, 0.3) is 0 Å². The summed E-state index contributed by atoms with van der Waals surface area (Å²) in [7, 11) is 1.87. The molecule has 1 nitrogen and oxygen atoms in total. The van der Waals surface area contributed by atoms with Crippen molar-refractivity contribution in [1.82, 2.24) is 0 Å². The highest BCUT2D eigenvalue weighted by atomic mass is 79.9. The Kier molecular flexibility index (Phi) is 3.09. The van der Waals surface area contributed by atoms with Gasteiger partial charge in [0.1, 0.15) is 5.82 Å². The van der Waals surface area contributed by atoms with E-state index in [1.165, 1.54) is 6.07 Å². The molecule has 0 spiro atoms. The van der Waals surface area contributed by atoms with Gasteiger partial charge in [-0.2, -0.15) is 0 Å². The first-order valence-electron chi connectivity index (χ1n) is 3.81. The minimum atomic E-state index is -0.186. The Bertz CT molecular complexity index is 275. The van der Waals surface area contributed by atoms with E-state index in [0.29, 0.717) is 5.69 Å². The zero-order chi connectivity index (χ0) is 9.14. The predicted molar refractivity (Wildman–Crippen MR) is 53.0 cm³/mol. The molecule has 0 fully saturated rings. The number of halogens is 2. The van der Waals surface area contributed by atoms with E-state index in [0.717, 1.165) is 11.0 Å². The smallest absolute Gasteiger partial charge is 0.147 e. The van der Waals surface area contributed by atoms with Crippen molar-refractivity contribution >= 4 is 21.6 Å². The molecule has 0 amide bonds. The van der Waals surface area contributed by atoms with E-state index in [1.54, 1.807) is 6.07 Å².